The van der Waals surface area contributed by atoms with Crippen LogP contribution in [0.3, 0.4) is 0 Å². The van der Waals surface area contributed by atoms with Crippen molar-refractivity contribution < 1.29 is 19.4 Å². The first kappa shape index (κ1) is 16.5. The van der Waals surface area contributed by atoms with Crippen molar-refractivity contribution in [3.8, 4) is 5.75 Å². The second kappa shape index (κ2) is 7.95. The number of nitrogens with one attached hydrogen (secondary N) is 1. The molecule has 0 unspecified atom stereocenters. The van der Waals surface area contributed by atoms with Crippen LogP contribution in [0.15, 0.2) is 54.6 Å². The minimum atomic E-state index is -1.21. The molecule has 23 heavy (non-hydrogen) atoms. The fraction of sp³-hybridized carbons (Fsp3) is 0.176. The summed E-state index contributed by atoms with van der Waals surface area (Å²) in [5.74, 6) is -0.975. The Morgan fingerprint density at radius 2 is 1.74 bits per heavy atom. The van der Waals surface area contributed by atoms with Gasteiger partial charge in [0.2, 0.25) is 5.91 Å². The number of carbonyl (C=O) groups excluding carboxylic acids is 1. The third kappa shape index (κ3) is 5.44. The van der Waals surface area contributed by atoms with E-state index in [-0.39, 0.29) is 6.42 Å². The third-order valence-electron chi connectivity index (χ3n) is 3.11. The minimum absolute atomic E-state index is 0.276. The standard InChI is InChI=1S/C17H18N2O4/c18-15(17(21)22)10-16(20)19-13-6-8-14(9-7-13)23-11-12-4-2-1-3-5-12/h1-9,15H,10-11,18H2,(H,19,20)(H,21,22)/t15-/m0/s1. The van der Waals surface area contributed by atoms with Gasteiger partial charge in [0.25, 0.3) is 0 Å². The average Bonchev–Trinajstić information content (AvgIpc) is 2.55. The number of anilines is 1. The first-order valence-corrected chi connectivity index (χ1v) is 7.09. The number of carboxylic acid groups (broad SMARTS) is 1. The molecule has 2 aromatic carbocycles. The number of nitrogens with two attached hydrogens (primary N) is 1. The number of aliphatic carboxylic acids is 1. The van der Waals surface area contributed by atoms with Gasteiger partial charge in [0.1, 0.15) is 18.4 Å². The van der Waals surface area contributed by atoms with Crippen molar-refractivity contribution >= 4 is 17.6 Å². The molecule has 0 aliphatic rings. The maximum absolute atomic E-state index is 11.6. The quantitative estimate of drug-likeness (QED) is 0.725. The lowest BCUT2D eigenvalue weighted by atomic mass is 10.2. The summed E-state index contributed by atoms with van der Waals surface area (Å²) >= 11 is 0. The molecule has 0 saturated heterocycles. The van der Waals surface area contributed by atoms with Crippen LogP contribution >= 0.6 is 0 Å². The first-order chi connectivity index (χ1) is 11.0. The zero-order valence-corrected chi connectivity index (χ0v) is 12.4. The van der Waals surface area contributed by atoms with Gasteiger partial charge in [-0.05, 0) is 29.8 Å². The lowest BCUT2D eigenvalue weighted by Crippen LogP contribution is -2.34. The van der Waals surface area contributed by atoms with Crippen molar-refractivity contribution in [1.82, 2.24) is 0 Å². The van der Waals surface area contributed by atoms with Crippen LogP contribution in [0.5, 0.6) is 5.75 Å². The van der Waals surface area contributed by atoms with Gasteiger partial charge in [0.15, 0.2) is 0 Å². The molecule has 6 nitrogen and oxygen atoms in total. The van der Waals surface area contributed by atoms with Gasteiger partial charge in [0, 0.05) is 5.69 Å². The summed E-state index contributed by atoms with van der Waals surface area (Å²) < 4.78 is 5.64. The van der Waals surface area contributed by atoms with Crippen LogP contribution in [0, 0.1) is 0 Å². The van der Waals surface area contributed by atoms with Gasteiger partial charge >= 0.3 is 5.97 Å². The molecule has 0 spiro atoms. The number of hydrogen-bond donors (Lipinski definition) is 3. The highest BCUT2D eigenvalue weighted by molar-refractivity contribution is 5.93. The van der Waals surface area contributed by atoms with Crippen molar-refractivity contribution in [3.05, 3.63) is 60.2 Å². The molecular weight excluding hydrogens is 296 g/mol. The van der Waals surface area contributed by atoms with Gasteiger partial charge < -0.3 is 20.9 Å². The third-order valence-corrected chi connectivity index (χ3v) is 3.11. The second-order valence-corrected chi connectivity index (χ2v) is 5.00. The maximum Gasteiger partial charge on any atom is 0.321 e. The predicted molar refractivity (Wildman–Crippen MR) is 86.1 cm³/mol. The Morgan fingerprint density at radius 3 is 2.35 bits per heavy atom. The molecule has 0 aromatic heterocycles. The van der Waals surface area contributed by atoms with Crippen molar-refractivity contribution in [1.29, 1.82) is 0 Å². The van der Waals surface area contributed by atoms with Crippen LogP contribution in [0.2, 0.25) is 0 Å². The van der Waals surface area contributed by atoms with Gasteiger partial charge in [-0.1, -0.05) is 30.3 Å². The molecule has 4 N–H and O–H groups in total. The number of carboxylic acids is 1. The van der Waals surface area contributed by atoms with Gasteiger partial charge in [-0.15, -0.1) is 0 Å². The van der Waals surface area contributed by atoms with Crippen molar-refractivity contribution in [3.63, 3.8) is 0 Å². The maximum atomic E-state index is 11.6. The lowest BCUT2D eigenvalue weighted by molar-refractivity contribution is -0.140. The fourth-order valence-electron chi connectivity index (χ4n) is 1.87. The van der Waals surface area contributed by atoms with Crippen molar-refractivity contribution in [2.24, 2.45) is 5.73 Å². The Morgan fingerprint density at radius 1 is 1.09 bits per heavy atom. The summed E-state index contributed by atoms with van der Waals surface area (Å²) in [5.41, 5.74) is 6.93. The first-order valence-electron chi connectivity index (χ1n) is 7.09. The fourth-order valence-corrected chi connectivity index (χ4v) is 1.87. The van der Waals surface area contributed by atoms with Gasteiger partial charge in [0.05, 0.1) is 6.42 Å². The van der Waals surface area contributed by atoms with Crippen molar-refractivity contribution in [2.75, 3.05) is 5.32 Å². The lowest BCUT2D eigenvalue weighted by Gasteiger charge is -2.09. The Bertz CT molecular complexity index is 656. The van der Waals surface area contributed by atoms with E-state index in [0.29, 0.717) is 18.0 Å². The second-order valence-electron chi connectivity index (χ2n) is 5.00. The monoisotopic (exact) mass is 314 g/mol. The Labute approximate surface area is 133 Å². The highest BCUT2D eigenvalue weighted by Crippen LogP contribution is 2.17. The van der Waals surface area contributed by atoms with Gasteiger partial charge in [-0.3, -0.25) is 9.59 Å². The van der Waals surface area contributed by atoms with Crippen LogP contribution in [0.25, 0.3) is 0 Å². The molecule has 0 fully saturated rings. The molecule has 2 aromatic rings. The van der Waals surface area contributed by atoms with E-state index in [1.807, 2.05) is 30.3 Å². The number of rotatable bonds is 7. The minimum Gasteiger partial charge on any atom is -0.489 e. The SMILES string of the molecule is N[C@@H](CC(=O)Nc1ccc(OCc2ccccc2)cc1)C(=O)O. The summed E-state index contributed by atoms with van der Waals surface area (Å²) in [6.45, 7) is 0.458. The van der Waals surface area contributed by atoms with E-state index in [1.54, 1.807) is 24.3 Å². The summed E-state index contributed by atoms with van der Waals surface area (Å²) in [7, 11) is 0. The molecule has 0 aliphatic heterocycles. The molecule has 1 amide bonds. The summed E-state index contributed by atoms with van der Waals surface area (Å²) in [6, 6.07) is 15.4. The molecule has 0 radical (unpaired) electrons. The van der Waals surface area contributed by atoms with Crippen LogP contribution < -0.4 is 15.8 Å². The topological polar surface area (TPSA) is 102 Å². The predicted octanol–water partition coefficient (Wildman–Crippen LogP) is 2.01. The van der Waals surface area contributed by atoms with Gasteiger partial charge in [-0.25, -0.2) is 0 Å². The molecule has 120 valence electrons. The molecule has 2 rings (SSSR count). The van der Waals surface area contributed by atoms with Crippen LogP contribution in [0.1, 0.15) is 12.0 Å². The zero-order chi connectivity index (χ0) is 16.7. The van der Waals surface area contributed by atoms with Crippen molar-refractivity contribution in [2.45, 2.75) is 19.1 Å². The van der Waals surface area contributed by atoms with E-state index in [2.05, 4.69) is 5.32 Å². The Kier molecular flexibility index (Phi) is 5.71. The Hall–Kier alpha value is -2.86. The van der Waals surface area contributed by atoms with Crippen LogP contribution in [-0.4, -0.2) is 23.0 Å². The van der Waals surface area contributed by atoms with E-state index in [1.165, 1.54) is 0 Å². The normalized spacial score (nSPS) is 11.5. The van der Waals surface area contributed by atoms with E-state index in [4.69, 9.17) is 15.6 Å². The number of ether oxygens (including phenoxy) is 1. The van der Waals surface area contributed by atoms with E-state index in [0.717, 1.165) is 5.56 Å². The largest absolute Gasteiger partial charge is 0.489 e. The molecular formula is C17H18N2O4. The zero-order valence-electron chi connectivity index (χ0n) is 12.4. The molecule has 0 bridgehead atoms. The highest BCUT2D eigenvalue weighted by atomic mass is 16.5. The van der Waals surface area contributed by atoms with E-state index >= 15 is 0 Å². The summed E-state index contributed by atoms with van der Waals surface area (Å²) in [6.07, 6.45) is -0.276. The molecule has 0 heterocycles. The summed E-state index contributed by atoms with van der Waals surface area (Å²) in [5, 5.41) is 11.3. The van der Waals surface area contributed by atoms with Gasteiger partial charge in [-0.2, -0.15) is 0 Å². The number of hydrogen-bond acceptors (Lipinski definition) is 4. The molecule has 1 atom stereocenters. The highest BCUT2D eigenvalue weighted by Gasteiger charge is 2.16. The van der Waals surface area contributed by atoms with Crippen LogP contribution in [0.4, 0.5) is 5.69 Å². The molecule has 6 heteroatoms. The number of carbonyl (C=O) groups is 2. The number of amides is 1. The van der Waals surface area contributed by atoms with E-state index < -0.39 is 17.9 Å². The Balaban J connectivity index is 1.84. The molecule has 0 aliphatic carbocycles. The summed E-state index contributed by atoms with van der Waals surface area (Å²) in [4.78, 5) is 22.2. The van der Waals surface area contributed by atoms with Crippen LogP contribution in [-0.2, 0) is 16.2 Å². The molecule has 0 saturated carbocycles. The number of benzene rings is 2. The smallest absolute Gasteiger partial charge is 0.321 e. The average molecular weight is 314 g/mol. The van der Waals surface area contributed by atoms with E-state index in [9.17, 15) is 9.59 Å².